The van der Waals surface area contributed by atoms with Gasteiger partial charge in [-0.2, -0.15) is 0 Å². The van der Waals surface area contributed by atoms with Gasteiger partial charge in [-0.25, -0.2) is 0 Å². The predicted molar refractivity (Wildman–Crippen MR) is 115 cm³/mol. The van der Waals surface area contributed by atoms with Crippen molar-refractivity contribution in [2.24, 2.45) is 4.99 Å². The third-order valence-electron chi connectivity index (χ3n) is 5.71. The Hall–Kier alpha value is -1.24. The normalized spacial score (nSPS) is 21.1. The number of hydrogen-bond donors (Lipinski definition) is 2. The maximum absolute atomic E-state index is 5.58. The van der Waals surface area contributed by atoms with E-state index in [1.54, 1.807) is 0 Å². The highest BCUT2D eigenvalue weighted by Gasteiger charge is 2.43. The molecule has 1 aromatic carbocycles. The zero-order valence-corrected chi connectivity index (χ0v) is 17.8. The van der Waals surface area contributed by atoms with E-state index in [0.29, 0.717) is 4.75 Å². The number of nitrogens with one attached hydrogen (secondary N) is 2. The molecule has 1 heterocycles. The van der Waals surface area contributed by atoms with Crippen molar-refractivity contribution < 1.29 is 4.74 Å². The monoisotopic (exact) mass is 390 g/mol. The van der Waals surface area contributed by atoms with Gasteiger partial charge in [-0.15, -0.1) is 11.8 Å². The quantitative estimate of drug-likeness (QED) is 0.528. The van der Waals surface area contributed by atoms with Crippen molar-refractivity contribution in [2.75, 3.05) is 46.9 Å². The summed E-state index contributed by atoms with van der Waals surface area (Å²) < 4.78 is 5.89. The van der Waals surface area contributed by atoms with E-state index in [1.807, 2.05) is 11.8 Å². The van der Waals surface area contributed by atoms with Crippen LogP contribution in [0.3, 0.4) is 0 Å². The molecular formula is C21H34N4OS. The summed E-state index contributed by atoms with van der Waals surface area (Å²) in [6.07, 6.45) is 4.60. The SMILES string of the molecule is CCNC(=NCC1(N(C)C)CCOCC1)NCC1(Sc2ccccc2)CC1. The third kappa shape index (κ3) is 5.62. The van der Waals surface area contributed by atoms with Gasteiger partial charge >= 0.3 is 0 Å². The van der Waals surface area contributed by atoms with Crippen molar-refractivity contribution >= 4 is 17.7 Å². The molecule has 6 heteroatoms. The number of likely N-dealkylation sites (N-methyl/N-ethyl adjacent to an activating group) is 1. The molecule has 0 unspecified atom stereocenters. The fourth-order valence-electron chi connectivity index (χ4n) is 3.50. The number of hydrogen-bond acceptors (Lipinski definition) is 4. The van der Waals surface area contributed by atoms with Gasteiger partial charge in [0.15, 0.2) is 5.96 Å². The van der Waals surface area contributed by atoms with Gasteiger partial charge in [-0.1, -0.05) is 18.2 Å². The minimum atomic E-state index is 0.108. The number of aliphatic imine (C=N–C) groups is 1. The molecule has 2 fully saturated rings. The lowest BCUT2D eigenvalue weighted by atomic mass is 9.89. The Morgan fingerprint density at radius 3 is 2.41 bits per heavy atom. The molecule has 1 aliphatic carbocycles. The van der Waals surface area contributed by atoms with Gasteiger partial charge in [0.1, 0.15) is 0 Å². The molecular weight excluding hydrogens is 356 g/mol. The van der Waals surface area contributed by atoms with Crippen LogP contribution in [0.25, 0.3) is 0 Å². The molecule has 2 N–H and O–H groups in total. The second-order valence-corrected chi connectivity index (χ2v) is 9.42. The average molecular weight is 391 g/mol. The first-order valence-electron chi connectivity index (χ1n) is 10.1. The van der Waals surface area contributed by atoms with Crippen LogP contribution in [0, 0.1) is 0 Å². The summed E-state index contributed by atoms with van der Waals surface area (Å²) in [6.45, 7) is 6.42. The first-order valence-corrected chi connectivity index (χ1v) is 10.9. The van der Waals surface area contributed by atoms with Crippen LogP contribution in [0.15, 0.2) is 40.2 Å². The van der Waals surface area contributed by atoms with Gasteiger partial charge in [0.25, 0.3) is 0 Å². The molecule has 1 aromatic rings. The molecule has 0 bridgehead atoms. The third-order valence-corrected chi connectivity index (χ3v) is 7.20. The minimum Gasteiger partial charge on any atom is -0.381 e. The predicted octanol–water partition coefficient (Wildman–Crippen LogP) is 2.98. The molecule has 5 nitrogen and oxygen atoms in total. The number of ether oxygens (including phenoxy) is 1. The number of thioether (sulfide) groups is 1. The van der Waals surface area contributed by atoms with Gasteiger partial charge < -0.3 is 20.3 Å². The van der Waals surface area contributed by atoms with Gasteiger partial charge in [0.2, 0.25) is 0 Å². The van der Waals surface area contributed by atoms with Crippen LogP contribution < -0.4 is 10.6 Å². The van der Waals surface area contributed by atoms with E-state index in [9.17, 15) is 0 Å². The summed E-state index contributed by atoms with van der Waals surface area (Å²) in [5, 5.41) is 7.03. The average Bonchev–Trinajstić information content (AvgIpc) is 3.45. The van der Waals surface area contributed by atoms with Crippen LogP contribution in [0.1, 0.15) is 32.6 Å². The van der Waals surface area contributed by atoms with E-state index in [0.717, 1.165) is 51.6 Å². The molecule has 27 heavy (non-hydrogen) atoms. The highest BCUT2D eigenvalue weighted by atomic mass is 32.2. The number of nitrogens with zero attached hydrogens (tertiary/aromatic N) is 2. The van der Waals surface area contributed by atoms with Gasteiger partial charge in [-0.3, -0.25) is 4.99 Å². The van der Waals surface area contributed by atoms with Crippen LogP contribution in [-0.2, 0) is 4.74 Å². The van der Waals surface area contributed by atoms with Crippen molar-refractivity contribution in [1.82, 2.24) is 15.5 Å². The lowest BCUT2D eigenvalue weighted by Crippen LogP contribution is -2.52. The Morgan fingerprint density at radius 1 is 1.11 bits per heavy atom. The molecule has 0 aromatic heterocycles. The Balaban J connectivity index is 1.59. The number of benzene rings is 1. The second kappa shape index (κ2) is 9.30. The summed E-state index contributed by atoms with van der Waals surface area (Å²) in [5.41, 5.74) is 0.108. The number of rotatable bonds is 8. The van der Waals surface area contributed by atoms with E-state index in [2.05, 4.69) is 66.9 Å². The molecule has 2 aliphatic rings. The van der Waals surface area contributed by atoms with Crippen molar-refractivity contribution in [2.45, 2.75) is 47.8 Å². The molecule has 1 aliphatic heterocycles. The zero-order valence-electron chi connectivity index (χ0n) is 17.0. The Bertz CT molecular complexity index is 610. The molecule has 0 atom stereocenters. The van der Waals surface area contributed by atoms with Crippen molar-refractivity contribution in [1.29, 1.82) is 0 Å². The van der Waals surface area contributed by atoms with Crippen molar-refractivity contribution in [3.8, 4) is 0 Å². The first kappa shape index (κ1) is 20.5. The minimum absolute atomic E-state index is 0.108. The zero-order chi connectivity index (χ0) is 19.2. The smallest absolute Gasteiger partial charge is 0.191 e. The fourth-order valence-corrected chi connectivity index (χ4v) is 4.75. The van der Waals surface area contributed by atoms with Crippen molar-refractivity contribution in [3.05, 3.63) is 30.3 Å². The molecule has 0 amide bonds. The first-order chi connectivity index (χ1) is 13.1. The Morgan fingerprint density at radius 2 is 1.81 bits per heavy atom. The molecule has 1 saturated heterocycles. The Labute approximate surface area is 168 Å². The lowest BCUT2D eigenvalue weighted by Gasteiger charge is -2.41. The van der Waals surface area contributed by atoms with E-state index in [1.165, 1.54) is 17.7 Å². The maximum atomic E-state index is 5.58. The largest absolute Gasteiger partial charge is 0.381 e. The summed E-state index contributed by atoms with van der Waals surface area (Å²) in [6, 6.07) is 10.7. The summed E-state index contributed by atoms with van der Waals surface area (Å²) in [4.78, 5) is 8.64. The van der Waals surface area contributed by atoms with Gasteiger partial charge in [0, 0.05) is 41.5 Å². The van der Waals surface area contributed by atoms with E-state index in [-0.39, 0.29) is 5.54 Å². The summed E-state index contributed by atoms with van der Waals surface area (Å²) in [5.74, 6) is 0.935. The van der Waals surface area contributed by atoms with E-state index < -0.39 is 0 Å². The summed E-state index contributed by atoms with van der Waals surface area (Å²) >= 11 is 2.00. The highest BCUT2D eigenvalue weighted by Crippen LogP contribution is 2.51. The molecule has 150 valence electrons. The number of guanidine groups is 1. The molecule has 3 rings (SSSR count). The highest BCUT2D eigenvalue weighted by molar-refractivity contribution is 8.01. The molecule has 0 spiro atoms. The molecule has 1 saturated carbocycles. The van der Waals surface area contributed by atoms with Crippen molar-refractivity contribution in [3.63, 3.8) is 0 Å². The lowest BCUT2D eigenvalue weighted by molar-refractivity contribution is -0.00254. The van der Waals surface area contributed by atoms with Crippen LogP contribution in [0.5, 0.6) is 0 Å². The van der Waals surface area contributed by atoms with Gasteiger partial charge in [0.05, 0.1) is 6.54 Å². The van der Waals surface area contributed by atoms with Crippen LogP contribution >= 0.6 is 11.8 Å². The second-order valence-electron chi connectivity index (χ2n) is 7.88. The maximum Gasteiger partial charge on any atom is 0.191 e. The summed E-state index contributed by atoms with van der Waals surface area (Å²) in [7, 11) is 4.33. The molecule has 0 radical (unpaired) electrons. The standard InChI is InChI=1S/C21H34N4OS/c1-4-22-19(23-16-20(25(2)3)12-14-26-15-13-20)24-17-21(10-11-21)27-18-8-6-5-7-9-18/h5-9H,4,10-17H2,1-3H3,(H2,22,23,24). The van der Waals surface area contributed by atoms with Crippen LogP contribution in [-0.4, -0.2) is 68.1 Å². The fraction of sp³-hybridized carbons (Fsp3) is 0.667. The van der Waals surface area contributed by atoms with Gasteiger partial charge in [-0.05, 0) is 58.8 Å². The van der Waals surface area contributed by atoms with E-state index >= 15 is 0 Å². The van der Waals surface area contributed by atoms with E-state index in [4.69, 9.17) is 9.73 Å². The topological polar surface area (TPSA) is 48.9 Å². The Kier molecular flexibility index (Phi) is 7.06. The van der Waals surface area contributed by atoms with Crippen LogP contribution in [0.4, 0.5) is 0 Å². The van der Waals surface area contributed by atoms with Crippen LogP contribution in [0.2, 0.25) is 0 Å².